The van der Waals surface area contributed by atoms with E-state index in [9.17, 15) is 9.59 Å². The Bertz CT molecular complexity index is 646. The van der Waals surface area contributed by atoms with Gasteiger partial charge in [0.2, 0.25) is 0 Å². The number of carbonyl (C=O) groups is 2. The number of rotatable bonds is 3. The van der Waals surface area contributed by atoms with E-state index in [4.69, 9.17) is 5.11 Å². The number of thioether (sulfide) groups is 1. The van der Waals surface area contributed by atoms with E-state index in [1.165, 1.54) is 6.92 Å². The summed E-state index contributed by atoms with van der Waals surface area (Å²) in [6, 6.07) is 4.12. The number of aliphatic carboxylic acids is 1. The third-order valence-corrected chi connectivity index (χ3v) is 4.33. The minimum Gasteiger partial charge on any atom is -0.480 e. The molecular weight excluding hydrogens is 292 g/mol. The minimum atomic E-state index is -1.08. The topological polar surface area (TPSA) is 94.0 Å². The average molecular weight is 306 g/mol. The van der Waals surface area contributed by atoms with Gasteiger partial charge in [-0.15, -0.1) is 0 Å². The van der Waals surface area contributed by atoms with Crippen LogP contribution in [0.15, 0.2) is 28.1 Å². The van der Waals surface area contributed by atoms with Gasteiger partial charge >= 0.3 is 12.0 Å². The maximum absolute atomic E-state index is 11.7. The van der Waals surface area contributed by atoms with E-state index in [1.807, 2.05) is 12.1 Å². The van der Waals surface area contributed by atoms with Crippen LogP contribution in [0.5, 0.6) is 0 Å². The predicted molar refractivity (Wildman–Crippen MR) is 81.2 cm³/mol. The van der Waals surface area contributed by atoms with Crippen molar-refractivity contribution < 1.29 is 14.7 Å². The number of aliphatic imine (C=N–C) groups is 1. The minimum absolute atomic E-state index is 0.536. The molecule has 0 saturated heterocycles. The van der Waals surface area contributed by atoms with Gasteiger partial charge in [0.1, 0.15) is 6.04 Å². The van der Waals surface area contributed by atoms with Gasteiger partial charge in [-0.3, -0.25) is 9.79 Å². The van der Waals surface area contributed by atoms with Crippen LogP contribution < -0.4 is 15.5 Å². The summed E-state index contributed by atoms with van der Waals surface area (Å²) in [7, 11) is 0. The van der Waals surface area contributed by atoms with Crippen molar-refractivity contribution in [3.8, 4) is 0 Å². The second-order valence-corrected chi connectivity index (χ2v) is 5.77. The molecule has 2 heterocycles. The Morgan fingerprint density at radius 2 is 2.29 bits per heavy atom. The molecule has 3 N–H and O–H groups in total. The zero-order chi connectivity index (χ0) is 15.0. The number of carboxylic acids is 1. The van der Waals surface area contributed by atoms with E-state index >= 15 is 0 Å². The van der Waals surface area contributed by atoms with Crippen molar-refractivity contribution in [1.82, 2.24) is 5.32 Å². The molecule has 0 fully saturated rings. The first-order valence-electron chi connectivity index (χ1n) is 6.49. The van der Waals surface area contributed by atoms with Gasteiger partial charge in [0, 0.05) is 17.1 Å². The van der Waals surface area contributed by atoms with E-state index in [0.29, 0.717) is 5.69 Å². The fourth-order valence-electron chi connectivity index (χ4n) is 2.15. The van der Waals surface area contributed by atoms with E-state index in [-0.39, 0.29) is 0 Å². The summed E-state index contributed by atoms with van der Waals surface area (Å²) >= 11 is 1.62. The number of nitrogens with zero attached hydrogens (tertiary/aromatic N) is 2. The number of amidine groups is 1. The van der Waals surface area contributed by atoms with E-state index in [1.54, 1.807) is 17.8 Å². The summed E-state index contributed by atoms with van der Waals surface area (Å²) in [6.07, 6.45) is 0. The Balaban J connectivity index is 1.71. The summed E-state index contributed by atoms with van der Waals surface area (Å²) in [5.41, 5.74) is 1.65. The van der Waals surface area contributed by atoms with Crippen LogP contribution in [-0.4, -0.2) is 41.4 Å². The number of carboxylic acid groups (broad SMARTS) is 1. The molecule has 2 amide bonds. The van der Waals surface area contributed by atoms with Crippen molar-refractivity contribution in [1.29, 1.82) is 0 Å². The number of amides is 2. The highest BCUT2D eigenvalue weighted by molar-refractivity contribution is 8.14. The monoisotopic (exact) mass is 306 g/mol. The first kappa shape index (κ1) is 13.7. The van der Waals surface area contributed by atoms with Gasteiger partial charge in [0.25, 0.3) is 0 Å². The van der Waals surface area contributed by atoms with E-state index < -0.39 is 18.0 Å². The van der Waals surface area contributed by atoms with Crippen molar-refractivity contribution in [3.63, 3.8) is 0 Å². The van der Waals surface area contributed by atoms with Crippen molar-refractivity contribution in [2.75, 3.05) is 23.3 Å². The molecule has 0 aliphatic carbocycles. The molecule has 3 rings (SSSR count). The Morgan fingerprint density at radius 3 is 3.05 bits per heavy atom. The van der Waals surface area contributed by atoms with Crippen molar-refractivity contribution >= 4 is 40.3 Å². The summed E-state index contributed by atoms with van der Waals surface area (Å²) in [4.78, 5) is 30.1. The second kappa shape index (κ2) is 5.28. The Labute approximate surface area is 125 Å². The quantitative estimate of drug-likeness (QED) is 0.788. The first-order chi connectivity index (χ1) is 10.0. The molecule has 8 heteroatoms. The van der Waals surface area contributed by atoms with Crippen LogP contribution in [0.1, 0.15) is 6.92 Å². The molecule has 1 unspecified atom stereocenters. The van der Waals surface area contributed by atoms with Gasteiger partial charge in [0.15, 0.2) is 5.17 Å². The molecule has 1 aromatic rings. The number of hydrogen-bond acceptors (Lipinski definition) is 5. The Hall–Kier alpha value is -2.22. The number of benzene rings is 1. The second-order valence-electron chi connectivity index (χ2n) is 4.76. The lowest BCUT2D eigenvalue weighted by Gasteiger charge is -2.14. The smallest absolute Gasteiger partial charge is 0.325 e. The van der Waals surface area contributed by atoms with Crippen LogP contribution in [0.3, 0.4) is 0 Å². The maximum Gasteiger partial charge on any atom is 0.325 e. The molecule has 1 aromatic carbocycles. The lowest BCUT2D eigenvalue weighted by atomic mass is 10.2. The Morgan fingerprint density at radius 1 is 1.48 bits per heavy atom. The van der Waals surface area contributed by atoms with Crippen LogP contribution in [0.25, 0.3) is 0 Å². The highest BCUT2D eigenvalue weighted by Crippen LogP contribution is 2.43. The number of hydrogen-bond donors (Lipinski definition) is 3. The molecule has 0 spiro atoms. The normalized spacial score (nSPS) is 16.8. The van der Waals surface area contributed by atoms with Crippen LogP contribution in [0.4, 0.5) is 16.2 Å². The molecule has 0 radical (unpaired) electrons. The largest absolute Gasteiger partial charge is 0.480 e. The van der Waals surface area contributed by atoms with Crippen LogP contribution in [0.2, 0.25) is 0 Å². The fraction of sp³-hybridized carbons (Fsp3) is 0.308. The van der Waals surface area contributed by atoms with E-state index in [2.05, 4.69) is 20.5 Å². The van der Waals surface area contributed by atoms with Crippen molar-refractivity contribution in [2.24, 2.45) is 4.99 Å². The average Bonchev–Trinajstić information content (AvgIpc) is 2.99. The molecule has 0 bridgehead atoms. The fourth-order valence-corrected chi connectivity index (χ4v) is 3.22. The summed E-state index contributed by atoms with van der Waals surface area (Å²) in [6.45, 7) is 3.05. The molecule has 2 aliphatic rings. The number of fused-ring (bicyclic) bond motifs is 3. The summed E-state index contributed by atoms with van der Waals surface area (Å²) < 4.78 is 0. The standard InChI is InChI=1S/C13H14N4O3S/c1-7(11(18)19)15-12(20)16-8-2-3-10-9(6-8)17-5-4-14-13(17)21-10/h2-3,6-7H,4-5H2,1H3,(H,18,19)(H2,15,16,20). The van der Waals surface area contributed by atoms with Gasteiger partial charge < -0.3 is 20.6 Å². The van der Waals surface area contributed by atoms with Crippen LogP contribution in [-0.2, 0) is 4.79 Å². The number of nitrogens with one attached hydrogen (secondary N) is 2. The highest BCUT2D eigenvalue weighted by atomic mass is 32.2. The van der Waals surface area contributed by atoms with Gasteiger partial charge in [-0.1, -0.05) is 0 Å². The highest BCUT2D eigenvalue weighted by Gasteiger charge is 2.29. The molecule has 7 nitrogen and oxygen atoms in total. The van der Waals surface area contributed by atoms with Gasteiger partial charge in [-0.05, 0) is 36.9 Å². The maximum atomic E-state index is 11.7. The van der Waals surface area contributed by atoms with Gasteiger partial charge in [-0.25, -0.2) is 4.79 Å². The third-order valence-electron chi connectivity index (χ3n) is 3.23. The van der Waals surface area contributed by atoms with Crippen molar-refractivity contribution in [3.05, 3.63) is 18.2 Å². The van der Waals surface area contributed by atoms with Gasteiger partial charge in [-0.2, -0.15) is 0 Å². The molecular formula is C13H14N4O3S. The predicted octanol–water partition coefficient (Wildman–Crippen LogP) is 1.56. The van der Waals surface area contributed by atoms with Crippen LogP contribution >= 0.6 is 11.8 Å². The summed E-state index contributed by atoms with van der Waals surface area (Å²) in [5, 5.41) is 14.8. The Kier molecular flexibility index (Phi) is 3.46. The molecule has 2 aliphatic heterocycles. The molecule has 0 saturated carbocycles. The number of urea groups is 1. The number of carbonyl (C=O) groups excluding carboxylic acids is 1. The molecule has 21 heavy (non-hydrogen) atoms. The van der Waals surface area contributed by atoms with Gasteiger partial charge in [0.05, 0.1) is 12.2 Å². The molecule has 1 atom stereocenters. The SMILES string of the molecule is CC(NC(=O)Nc1ccc2c(c1)N1CCN=C1S2)C(=O)O. The third kappa shape index (κ3) is 2.66. The zero-order valence-corrected chi connectivity index (χ0v) is 12.1. The number of anilines is 2. The zero-order valence-electron chi connectivity index (χ0n) is 11.3. The molecule has 110 valence electrons. The first-order valence-corrected chi connectivity index (χ1v) is 7.30. The molecule has 0 aromatic heterocycles. The summed E-state index contributed by atoms with van der Waals surface area (Å²) in [5.74, 6) is -1.08. The lowest BCUT2D eigenvalue weighted by Crippen LogP contribution is -2.40. The van der Waals surface area contributed by atoms with E-state index in [0.717, 1.165) is 28.8 Å². The van der Waals surface area contributed by atoms with Crippen LogP contribution in [0, 0.1) is 0 Å². The van der Waals surface area contributed by atoms with Crippen molar-refractivity contribution in [2.45, 2.75) is 17.9 Å². The lowest BCUT2D eigenvalue weighted by molar-refractivity contribution is -0.138.